The topological polar surface area (TPSA) is 63.6 Å². The number of rotatable bonds is 2. The van der Waals surface area contributed by atoms with Crippen LogP contribution in [0, 0.1) is 6.92 Å². The van der Waals surface area contributed by atoms with Crippen LogP contribution in [0.1, 0.15) is 5.56 Å². The second kappa shape index (κ2) is 4.77. The molecule has 100 valence electrons. The highest BCUT2D eigenvalue weighted by molar-refractivity contribution is 5.64. The number of benzene rings is 1. The Balaban J connectivity index is 2.24. The SMILES string of the molecule is Cc1c(-c2ccccc2)nc(-c2nccn2C)[nH]c1=O. The minimum Gasteiger partial charge on any atom is -0.331 e. The van der Waals surface area contributed by atoms with Crippen molar-refractivity contribution in [3.05, 3.63) is 58.6 Å². The van der Waals surface area contributed by atoms with E-state index in [1.54, 1.807) is 13.1 Å². The fourth-order valence-electron chi connectivity index (χ4n) is 2.11. The van der Waals surface area contributed by atoms with E-state index in [-0.39, 0.29) is 5.56 Å². The average molecular weight is 266 g/mol. The van der Waals surface area contributed by atoms with Crippen molar-refractivity contribution in [1.29, 1.82) is 0 Å². The van der Waals surface area contributed by atoms with E-state index in [0.717, 1.165) is 5.56 Å². The van der Waals surface area contributed by atoms with Gasteiger partial charge in [0.2, 0.25) is 0 Å². The normalized spacial score (nSPS) is 10.7. The van der Waals surface area contributed by atoms with Crippen molar-refractivity contribution in [3.63, 3.8) is 0 Å². The molecule has 3 rings (SSSR count). The highest BCUT2D eigenvalue weighted by Crippen LogP contribution is 2.20. The Morgan fingerprint density at radius 3 is 2.60 bits per heavy atom. The Kier molecular flexibility index (Phi) is 2.95. The Bertz CT molecular complexity index is 802. The van der Waals surface area contributed by atoms with Gasteiger partial charge in [0, 0.05) is 30.6 Å². The molecule has 0 saturated carbocycles. The van der Waals surface area contributed by atoms with E-state index in [2.05, 4.69) is 15.0 Å². The van der Waals surface area contributed by atoms with Gasteiger partial charge in [0.1, 0.15) is 0 Å². The molecule has 0 unspecified atom stereocenters. The first-order valence-electron chi connectivity index (χ1n) is 6.31. The van der Waals surface area contributed by atoms with Gasteiger partial charge in [0.25, 0.3) is 5.56 Å². The predicted molar refractivity (Wildman–Crippen MR) is 77.2 cm³/mol. The summed E-state index contributed by atoms with van der Waals surface area (Å²) in [5.41, 5.74) is 2.07. The monoisotopic (exact) mass is 266 g/mol. The molecule has 5 nitrogen and oxygen atoms in total. The number of hydrogen-bond donors (Lipinski definition) is 1. The van der Waals surface area contributed by atoms with Crippen molar-refractivity contribution >= 4 is 0 Å². The first-order chi connectivity index (χ1) is 9.66. The van der Waals surface area contributed by atoms with E-state index < -0.39 is 0 Å². The van der Waals surface area contributed by atoms with Gasteiger partial charge in [0.05, 0.1) is 5.69 Å². The van der Waals surface area contributed by atoms with Crippen LogP contribution in [-0.2, 0) is 7.05 Å². The highest BCUT2D eigenvalue weighted by Gasteiger charge is 2.13. The zero-order chi connectivity index (χ0) is 14.1. The minimum atomic E-state index is -0.142. The second-order valence-electron chi connectivity index (χ2n) is 4.62. The largest absolute Gasteiger partial charge is 0.331 e. The molecule has 0 spiro atoms. The van der Waals surface area contributed by atoms with Crippen LogP contribution in [0.3, 0.4) is 0 Å². The van der Waals surface area contributed by atoms with Gasteiger partial charge < -0.3 is 9.55 Å². The van der Waals surface area contributed by atoms with Gasteiger partial charge >= 0.3 is 0 Å². The summed E-state index contributed by atoms with van der Waals surface area (Å²) in [6, 6.07) is 9.68. The summed E-state index contributed by atoms with van der Waals surface area (Å²) in [7, 11) is 1.87. The summed E-state index contributed by atoms with van der Waals surface area (Å²) >= 11 is 0. The van der Waals surface area contributed by atoms with Gasteiger partial charge in [-0.1, -0.05) is 30.3 Å². The molecule has 3 aromatic rings. The van der Waals surface area contributed by atoms with Gasteiger partial charge in [-0.15, -0.1) is 0 Å². The number of nitrogens with one attached hydrogen (secondary N) is 1. The third-order valence-corrected chi connectivity index (χ3v) is 3.23. The number of nitrogens with zero attached hydrogens (tertiary/aromatic N) is 3. The molecule has 0 fully saturated rings. The number of aryl methyl sites for hydroxylation is 1. The molecule has 2 heterocycles. The van der Waals surface area contributed by atoms with Crippen molar-refractivity contribution in [3.8, 4) is 22.9 Å². The maximum absolute atomic E-state index is 12.1. The molecule has 0 aliphatic rings. The molecule has 5 heteroatoms. The van der Waals surface area contributed by atoms with Gasteiger partial charge in [-0.05, 0) is 6.92 Å². The quantitative estimate of drug-likeness (QED) is 0.773. The van der Waals surface area contributed by atoms with Crippen molar-refractivity contribution < 1.29 is 0 Å². The van der Waals surface area contributed by atoms with Crippen LogP contribution in [0.15, 0.2) is 47.5 Å². The van der Waals surface area contributed by atoms with Gasteiger partial charge in [0.15, 0.2) is 11.6 Å². The van der Waals surface area contributed by atoms with Crippen LogP contribution < -0.4 is 5.56 Å². The van der Waals surface area contributed by atoms with Crippen LogP contribution in [0.2, 0.25) is 0 Å². The van der Waals surface area contributed by atoms with Crippen LogP contribution in [0.5, 0.6) is 0 Å². The van der Waals surface area contributed by atoms with Crippen LogP contribution in [0.4, 0.5) is 0 Å². The maximum atomic E-state index is 12.1. The lowest BCUT2D eigenvalue weighted by molar-refractivity contribution is 0.901. The zero-order valence-corrected chi connectivity index (χ0v) is 11.3. The zero-order valence-electron chi connectivity index (χ0n) is 11.3. The standard InChI is InChI=1S/C15H14N4O/c1-10-12(11-6-4-3-5-7-11)17-13(18-15(10)20)14-16-8-9-19(14)2/h3-9H,1-2H3,(H,17,18,20). The molecule has 1 N–H and O–H groups in total. The summed E-state index contributed by atoms with van der Waals surface area (Å²) in [5.74, 6) is 1.12. The summed E-state index contributed by atoms with van der Waals surface area (Å²) in [5, 5.41) is 0. The summed E-state index contributed by atoms with van der Waals surface area (Å²) in [6.45, 7) is 1.77. The minimum absolute atomic E-state index is 0.142. The van der Waals surface area contributed by atoms with E-state index in [9.17, 15) is 4.79 Å². The third kappa shape index (κ3) is 2.03. The molecule has 0 saturated heterocycles. The molecule has 0 aliphatic carbocycles. The fraction of sp³-hybridized carbons (Fsp3) is 0.133. The molecule has 1 aromatic carbocycles. The Morgan fingerprint density at radius 2 is 1.95 bits per heavy atom. The van der Waals surface area contributed by atoms with Crippen LogP contribution in [-0.4, -0.2) is 19.5 Å². The number of H-pyrrole nitrogens is 1. The lowest BCUT2D eigenvalue weighted by atomic mass is 10.1. The summed E-state index contributed by atoms with van der Waals surface area (Å²) in [4.78, 5) is 23.7. The molecule has 0 amide bonds. The first kappa shape index (κ1) is 12.3. The molecule has 0 aliphatic heterocycles. The van der Waals surface area contributed by atoms with Crippen LogP contribution >= 0.6 is 0 Å². The van der Waals surface area contributed by atoms with Gasteiger partial charge in [-0.2, -0.15) is 0 Å². The lowest BCUT2D eigenvalue weighted by Gasteiger charge is -2.07. The van der Waals surface area contributed by atoms with E-state index in [0.29, 0.717) is 22.9 Å². The number of imidazole rings is 1. The van der Waals surface area contributed by atoms with Crippen molar-refractivity contribution in [2.75, 3.05) is 0 Å². The Hall–Kier alpha value is -2.69. The third-order valence-electron chi connectivity index (χ3n) is 3.23. The van der Waals surface area contributed by atoms with Crippen molar-refractivity contribution in [2.45, 2.75) is 6.92 Å². The Morgan fingerprint density at radius 1 is 1.20 bits per heavy atom. The van der Waals surface area contributed by atoms with Gasteiger partial charge in [-0.3, -0.25) is 4.79 Å². The smallest absolute Gasteiger partial charge is 0.254 e. The molecule has 20 heavy (non-hydrogen) atoms. The molecule has 0 atom stereocenters. The van der Waals surface area contributed by atoms with E-state index >= 15 is 0 Å². The fourth-order valence-corrected chi connectivity index (χ4v) is 2.11. The maximum Gasteiger partial charge on any atom is 0.254 e. The molecular weight excluding hydrogens is 252 g/mol. The van der Waals surface area contributed by atoms with Gasteiger partial charge in [-0.25, -0.2) is 9.97 Å². The number of hydrogen-bond acceptors (Lipinski definition) is 3. The molecular formula is C15H14N4O. The molecule has 0 bridgehead atoms. The van der Waals surface area contributed by atoms with Crippen LogP contribution in [0.25, 0.3) is 22.9 Å². The van der Waals surface area contributed by atoms with Crippen molar-refractivity contribution in [1.82, 2.24) is 19.5 Å². The average Bonchev–Trinajstić information content (AvgIpc) is 2.89. The highest BCUT2D eigenvalue weighted by atomic mass is 16.1. The molecule has 2 aromatic heterocycles. The van der Waals surface area contributed by atoms with Crippen molar-refractivity contribution in [2.24, 2.45) is 7.05 Å². The van der Waals surface area contributed by atoms with E-state index in [1.165, 1.54) is 0 Å². The lowest BCUT2D eigenvalue weighted by Crippen LogP contribution is -2.15. The molecule has 0 radical (unpaired) electrons. The first-order valence-corrected chi connectivity index (χ1v) is 6.31. The Labute approximate surface area is 116 Å². The summed E-state index contributed by atoms with van der Waals surface area (Å²) in [6.07, 6.45) is 3.49. The second-order valence-corrected chi connectivity index (χ2v) is 4.62. The number of aromatic amines is 1. The predicted octanol–water partition coefficient (Wildman–Crippen LogP) is 2.15. The van der Waals surface area contributed by atoms with E-state index in [1.807, 2.05) is 48.1 Å². The van der Waals surface area contributed by atoms with E-state index in [4.69, 9.17) is 0 Å². The summed E-state index contributed by atoms with van der Waals surface area (Å²) < 4.78 is 1.82. The number of aromatic nitrogens is 4.